The molecule has 2 aromatic rings. The third-order valence-electron chi connectivity index (χ3n) is 5.17. The Balaban J connectivity index is 1.58. The molecule has 28 heavy (non-hydrogen) atoms. The molecular weight excluding hydrogens is 357 g/mol. The van der Waals surface area contributed by atoms with Crippen LogP contribution in [0.5, 0.6) is 0 Å². The molecule has 3 atom stereocenters. The van der Waals surface area contributed by atoms with Crippen molar-refractivity contribution >= 4 is 17.5 Å². The molecule has 1 aliphatic carbocycles. The van der Waals surface area contributed by atoms with E-state index in [4.69, 9.17) is 0 Å². The van der Waals surface area contributed by atoms with Crippen molar-refractivity contribution in [1.82, 2.24) is 10.2 Å². The number of nitrogens with zero attached hydrogens (tertiary/aromatic N) is 1. The van der Waals surface area contributed by atoms with Crippen LogP contribution in [0.1, 0.15) is 35.3 Å². The highest BCUT2D eigenvalue weighted by molar-refractivity contribution is 5.97. The van der Waals surface area contributed by atoms with Gasteiger partial charge in [0.05, 0.1) is 6.04 Å². The normalized spacial score (nSPS) is 19.2. The Hall–Kier alpha value is -2.73. The van der Waals surface area contributed by atoms with Gasteiger partial charge in [0.2, 0.25) is 5.91 Å². The number of carbonyl (C=O) groups is 2. The molecule has 1 fully saturated rings. The van der Waals surface area contributed by atoms with Gasteiger partial charge in [-0.25, -0.2) is 4.39 Å². The van der Waals surface area contributed by atoms with Crippen molar-refractivity contribution in [3.63, 3.8) is 0 Å². The third-order valence-corrected chi connectivity index (χ3v) is 5.17. The lowest BCUT2D eigenvalue weighted by atomic mass is 10.1. The first-order valence-electron chi connectivity index (χ1n) is 9.46. The molecule has 3 unspecified atom stereocenters. The molecule has 0 heterocycles. The number of amides is 2. The molecule has 3 rings (SSSR count). The van der Waals surface area contributed by atoms with Gasteiger partial charge < -0.3 is 15.5 Å². The van der Waals surface area contributed by atoms with E-state index >= 15 is 0 Å². The lowest BCUT2D eigenvalue weighted by Gasteiger charge is -2.25. The predicted molar refractivity (Wildman–Crippen MR) is 108 cm³/mol. The van der Waals surface area contributed by atoms with E-state index in [2.05, 4.69) is 17.6 Å². The third kappa shape index (κ3) is 4.95. The van der Waals surface area contributed by atoms with Crippen molar-refractivity contribution in [3.05, 3.63) is 65.5 Å². The molecule has 6 heteroatoms. The predicted octanol–water partition coefficient (Wildman–Crippen LogP) is 3.45. The van der Waals surface area contributed by atoms with Gasteiger partial charge >= 0.3 is 0 Å². The molecule has 1 saturated carbocycles. The molecule has 0 bridgehead atoms. The SMILES string of the molecule is CC1CC1C(=O)Nc1ccc(C(=O)NCC(c2cccc(F)c2)N(C)C)cc1. The second kappa shape index (κ2) is 8.52. The quantitative estimate of drug-likeness (QED) is 0.770. The molecule has 2 N–H and O–H groups in total. The van der Waals surface area contributed by atoms with Crippen LogP contribution in [0.3, 0.4) is 0 Å². The second-order valence-electron chi connectivity index (χ2n) is 7.63. The minimum absolute atomic E-state index is 0.0358. The highest BCUT2D eigenvalue weighted by Gasteiger charge is 2.39. The molecule has 5 nitrogen and oxygen atoms in total. The Labute approximate surface area is 164 Å². The Kier molecular flexibility index (Phi) is 6.09. The fourth-order valence-electron chi connectivity index (χ4n) is 3.23. The Morgan fingerprint density at radius 3 is 2.43 bits per heavy atom. The number of likely N-dealkylation sites (N-methyl/N-ethyl adjacent to an activating group) is 1. The Bertz CT molecular complexity index is 851. The van der Waals surface area contributed by atoms with Gasteiger partial charge in [0, 0.05) is 23.7 Å². The number of hydrogen-bond acceptors (Lipinski definition) is 3. The van der Waals surface area contributed by atoms with Gasteiger partial charge in [-0.3, -0.25) is 9.59 Å². The summed E-state index contributed by atoms with van der Waals surface area (Å²) in [7, 11) is 3.78. The van der Waals surface area contributed by atoms with Gasteiger partial charge in [0.25, 0.3) is 5.91 Å². The van der Waals surface area contributed by atoms with E-state index in [-0.39, 0.29) is 29.6 Å². The average Bonchev–Trinajstić information content (AvgIpc) is 3.39. The fourth-order valence-corrected chi connectivity index (χ4v) is 3.23. The van der Waals surface area contributed by atoms with Crippen LogP contribution in [0.25, 0.3) is 0 Å². The first-order valence-corrected chi connectivity index (χ1v) is 9.46. The van der Waals surface area contributed by atoms with Crippen LogP contribution in [0.4, 0.5) is 10.1 Å². The summed E-state index contributed by atoms with van der Waals surface area (Å²) < 4.78 is 13.5. The molecule has 0 aliphatic heterocycles. The van der Waals surface area contributed by atoms with Crippen LogP contribution in [-0.4, -0.2) is 37.4 Å². The van der Waals surface area contributed by atoms with E-state index in [1.54, 1.807) is 30.3 Å². The zero-order valence-corrected chi connectivity index (χ0v) is 16.4. The summed E-state index contributed by atoms with van der Waals surface area (Å²) in [6.07, 6.45) is 0.935. The van der Waals surface area contributed by atoms with E-state index in [1.807, 2.05) is 25.1 Å². The summed E-state index contributed by atoms with van der Waals surface area (Å²) in [4.78, 5) is 26.4. The highest BCUT2D eigenvalue weighted by atomic mass is 19.1. The number of anilines is 1. The smallest absolute Gasteiger partial charge is 0.251 e. The lowest BCUT2D eigenvalue weighted by molar-refractivity contribution is -0.117. The Morgan fingerprint density at radius 1 is 1.18 bits per heavy atom. The summed E-state index contributed by atoms with van der Waals surface area (Å²) in [6, 6.07) is 13.1. The fraction of sp³-hybridized carbons (Fsp3) is 0.364. The zero-order chi connectivity index (χ0) is 20.3. The zero-order valence-electron chi connectivity index (χ0n) is 16.4. The summed E-state index contributed by atoms with van der Waals surface area (Å²) in [5.41, 5.74) is 2.00. The molecule has 0 aromatic heterocycles. The van der Waals surface area contributed by atoms with Gasteiger partial charge in [-0.15, -0.1) is 0 Å². The van der Waals surface area contributed by atoms with E-state index in [1.165, 1.54) is 12.1 Å². The van der Waals surface area contributed by atoms with E-state index in [9.17, 15) is 14.0 Å². The van der Waals surface area contributed by atoms with E-state index in [0.29, 0.717) is 23.7 Å². The Morgan fingerprint density at radius 2 is 1.86 bits per heavy atom. The van der Waals surface area contributed by atoms with E-state index in [0.717, 1.165) is 12.0 Å². The second-order valence-corrected chi connectivity index (χ2v) is 7.63. The molecule has 2 aromatic carbocycles. The van der Waals surface area contributed by atoms with E-state index < -0.39 is 0 Å². The number of hydrogen-bond donors (Lipinski definition) is 2. The monoisotopic (exact) mass is 383 g/mol. The summed E-state index contributed by atoms with van der Waals surface area (Å²) in [5, 5.41) is 5.78. The molecule has 2 amide bonds. The van der Waals surface area contributed by atoms with Crippen molar-refractivity contribution < 1.29 is 14.0 Å². The van der Waals surface area contributed by atoms with Gasteiger partial charge in [-0.2, -0.15) is 0 Å². The summed E-state index contributed by atoms with van der Waals surface area (Å²) in [6.45, 7) is 2.41. The lowest BCUT2D eigenvalue weighted by Crippen LogP contribution is -2.34. The van der Waals surface area contributed by atoms with Crippen LogP contribution >= 0.6 is 0 Å². The number of carbonyl (C=O) groups excluding carboxylic acids is 2. The van der Waals surface area contributed by atoms with Gasteiger partial charge in [-0.05, 0) is 68.4 Å². The van der Waals surface area contributed by atoms with Gasteiger partial charge in [0.1, 0.15) is 5.82 Å². The van der Waals surface area contributed by atoms with Crippen molar-refractivity contribution in [2.45, 2.75) is 19.4 Å². The van der Waals surface area contributed by atoms with Gasteiger partial charge in [-0.1, -0.05) is 19.1 Å². The van der Waals surface area contributed by atoms with Crippen molar-refractivity contribution in [2.75, 3.05) is 26.0 Å². The maximum absolute atomic E-state index is 13.5. The average molecular weight is 383 g/mol. The van der Waals surface area contributed by atoms with Gasteiger partial charge in [0.15, 0.2) is 0 Å². The number of benzene rings is 2. The van der Waals surface area contributed by atoms with Crippen LogP contribution < -0.4 is 10.6 Å². The molecule has 0 saturated heterocycles. The minimum Gasteiger partial charge on any atom is -0.350 e. The molecule has 1 aliphatic rings. The topological polar surface area (TPSA) is 61.4 Å². The summed E-state index contributed by atoms with van der Waals surface area (Å²) >= 11 is 0. The standard InChI is InChI=1S/C22H26FN3O2/c1-14-11-19(14)22(28)25-18-9-7-15(8-10-18)21(27)24-13-20(26(2)3)16-5-4-6-17(23)12-16/h4-10,12,14,19-20H,11,13H2,1-3H3,(H,24,27)(H,25,28). The first-order chi connectivity index (χ1) is 13.3. The van der Waals surface area contributed by atoms with Crippen LogP contribution in [0, 0.1) is 17.7 Å². The number of nitrogens with one attached hydrogen (secondary N) is 2. The van der Waals surface area contributed by atoms with Crippen LogP contribution in [0.2, 0.25) is 0 Å². The van der Waals surface area contributed by atoms with Crippen molar-refractivity contribution in [1.29, 1.82) is 0 Å². The van der Waals surface area contributed by atoms with Crippen LogP contribution in [-0.2, 0) is 4.79 Å². The van der Waals surface area contributed by atoms with Crippen molar-refractivity contribution in [2.24, 2.45) is 11.8 Å². The molecule has 0 spiro atoms. The number of rotatable bonds is 7. The summed E-state index contributed by atoms with van der Waals surface area (Å²) in [5.74, 6) is 0.0843. The molecule has 148 valence electrons. The maximum Gasteiger partial charge on any atom is 0.251 e. The maximum atomic E-state index is 13.5. The largest absolute Gasteiger partial charge is 0.350 e. The molecule has 0 radical (unpaired) electrons. The minimum atomic E-state index is -0.297. The van der Waals surface area contributed by atoms with Crippen molar-refractivity contribution in [3.8, 4) is 0 Å². The molecular formula is C22H26FN3O2. The van der Waals surface area contributed by atoms with Crippen LogP contribution in [0.15, 0.2) is 48.5 Å². The number of halogens is 1. The highest BCUT2D eigenvalue weighted by Crippen LogP contribution is 2.38. The first kappa shape index (κ1) is 20.0.